The lowest BCUT2D eigenvalue weighted by atomic mass is 10.1. The molecule has 8 nitrogen and oxygen atoms in total. The van der Waals surface area contributed by atoms with Crippen LogP contribution in [0.25, 0.3) is 32.5 Å². The number of nitro benzene ring substituents is 1. The molecule has 170 valence electrons. The molecule has 5 aromatic rings. The number of nitro groups is 1. The number of non-ortho nitro benzene ring substituents is 1. The van der Waals surface area contributed by atoms with E-state index in [9.17, 15) is 10.1 Å². The van der Waals surface area contributed by atoms with Gasteiger partial charge in [0.05, 0.1) is 34.7 Å². The predicted octanol–water partition coefficient (Wildman–Crippen LogP) is 6.52. The number of benzene rings is 3. The van der Waals surface area contributed by atoms with Crippen molar-refractivity contribution >= 4 is 54.9 Å². The van der Waals surface area contributed by atoms with E-state index in [1.165, 1.54) is 23.5 Å². The summed E-state index contributed by atoms with van der Waals surface area (Å²) in [5.74, 6) is 1.73. The molecule has 34 heavy (non-hydrogen) atoms. The molecule has 2 aromatic heterocycles. The lowest BCUT2D eigenvalue weighted by molar-refractivity contribution is -0.384. The molecular formula is C24H16ClN3O5S. The number of halogens is 1. The molecule has 0 aliphatic rings. The van der Waals surface area contributed by atoms with Crippen LogP contribution in [0.4, 0.5) is 10.8 Å². The first-order valence-electron chi connectivity index (χ1n) is 10.0. The quantitative estimate of drug-likeness (QED) is 0.204. The van der Waals surface area contributed by atoms with Gasteiger partial charge in [0.2, 0.25) is 5.13 Å². The van der Waals surface area contributed by atoms with Gasteiger partial charge < -0.3 is 13.9 Å². The first-order valence-corrected chi connectivity index (χ1v) is 11.2. The first-order chi connectivity index (χ1) is 16.4. The summed E-state index contributed by atoms with van der Waals surface area (Å²) in [4.78, 5) is 19.9. The summed E-state index contributed by atoms with van der Waals surface area (Å²) in [6.45, 7) is 0. The van der Waals surface area contributed by atoms with Gasteiger partial charge >= 0.3 is 0 Å². The molecule has 3 aromatic carbocycles. The highest BCUT2D eigenvalue weighted by Crippen LogP contribution is 2.34. The third kappa shape index (κ3) is 4.07. The Labute approximate surface area is 201 Å². The molecular weight excluding hydrogens is 478 g/mol. The predicted molar refractivity (Wildman–Crippen MR) is 131 cm³/mol. The SMILES string of the molecule is COc1ccc(-c2cc(=Nc3nc4ccc([N+](=O)[O-])cc4s3)c3cc(Cl)ccc3o2)cc1OC. The van der Waals surface area contributed by atoms with Crippen LogP contribution in [0.15, 0.2) is 70.1 Å². The average Bonchev–Trinajstić information content (AvgIpc) is 3.25. The van der Waals surface area contributed by atoms with Crippen molar-refractivity contribution in [1.82, 2.24) is 4.98 Å². The molecule has 0 aliphatic heterocycles. The molecule has 0 saturated carbocycles. The molecule has 0 spiro atoms. The van der Waals surface area contributed by atoms with Crippen LogP contribution in [-0.4, -0.2) is 24.1 Å². The molecule has 0 unspecified atom stereocenters. The number of nitrogens with zero attached hydrogens (tertiary/aromatic N) is 3. The molecule has 0 aliphatic carbocycles. The van der Waals surface area contributed by atoms with Crippen LogP contribution >= 0.6 is 22.9 Å². The summed E-state index contributed by atoms with van der Waals surface area (Å²) in [5.41, 5.74) is 2.00. The van der Waals surface area contributed by atoms with Gasteiger partial charge in [-0.1, -0.05) is 22.9 Å². The molecule has 0 fully saturated rings. The number of methoxy groups -OCH3 is 2. The Bertz CT molecular complexity index is 1640. The molecule has 0 bridgehead atoms. The smallest absolute Gasteiger partial charge is 0.270 e. The lowest BCUT2D eigenvalue weighted by Gasteiger charge is -2.10. The Hall–Kier alpha value is -3.95. The van der Waals surface area contributed by atoms with Gasteiger partial charge in [-0.3, -0.25) is 10.1 Å². The van der Waals surface area contributed by atoms with E-state index in [2.05, 4.69) is 4.98 Å². The van der Waals surface area contributed by atoms with E-state index in [4.69, 9.17) is 30.5 Å². The van der Waals surface area contributed by atoms with Crippen LogP contribution in [0.5, 0.6) is 11.5 Å². The molecule has 5 rings (SSSR count). The van der Waals surface area contributed by atoms with Gasteiger partial charge in [0, 0.05) is 34.2 Å². The van der Waals surface area contributed by atoms with Crippen molar-refractivity contribution in [1.29, 1.82) is 0 Å². The van der Waals surface area contributed by atoms with E-state index in [0.717, 1.165) is 5.56 Å². The Morgan fingerprint density at radius 2 is 1.85 bits per heavy atom. The summed E-state index contributed by atoms with van der Waals surface area (Å²) >= 11 is 7.51. The van der Waals surface area contributed by atoms with E-state index >= 15 is 0 Å². The minimum absolute atomic E-state index is 0.00850. The monoisotopic (exact) mass is 493 g/mol. The van der Waals surface area contributed by atoms with Crippen LogP contribution in [-0.2, 0) is 0 Å². The number of fused-ring (bicyclic) bond motifs is 2. The molecule has 0 radical (unpaired) electrons. The van der Waals surface area contributed by atoms with E-state index in [1.54, 1.807) is 50.6 Å². The number of ether oxygens (including phenoxy) is 2. The van der Waals surface area contributed by atoms with Crippen molar-refractivity contribution < 1.29 is 18.8 Å². The Balaban J connectivity index is 1.71. The van der Waals surface area contributed by atoms with Crippen LogP contribution in [0, 0.1) is 10.1 Å². The zero-order valence-corrected chi connectivity index (χ0v) is 19.5. The fourth-order valence-electron chi connectivity index (χ4n) is 3.53. The van der Waals surface area contributed by atoms with E-state index < -0.39 is 4.92 Å². The topological polar surface area (TPSA) is 100.0 Å². The zero-order chi connectivity index (χ0) is 23.8. The molecule has 0 atom stereocenters. The summed E-state index contributed by atoms with van der Waals surface area (Å²) in [5, 5.41) is 13.4. The van der Waals surface area contributed by atoms with E-state index in [1.807, 2.05) is 12.1 Å². The standard InChI is InChI=1S/C24H16ClN3O5S/c1-31-20-7-3-13(9-22(20)32-2)21-12-18(16-10-14(25)4-8-19(16)33-21)27-24-26-17-6-5-15(28(29)30)11-23(17)34-24/h3-12H,1-2H3. The van der Waals surface area contributed by atoms with Crippen LogP contribution in [0.1, 0.15) is 0 Å². The molecule has 10 heteroatoms. The van der Waals surface area contributed by atoms with Gasteiger partial charge in [-0.15, -0.1) is 0 Å². The first kappa shape index (κ1) is 21.9. The van der Waals surface area contributed by atoms with Crippen LogP contribution in [0.2, 0.25) is 5.02 Å². The van der Waals surface area contributed by atoms with Crippen molar-refractivity contribution in [3.63, 3.8) is 0 Å². The third-order valence-electron chi connectivity index (χ3n) is 5.16. The van der Waals surface area contributed by atoms with Gasteiger partial charge in [0.1, 0.15) is 11.3 Å². The normalized spacial score (nSPS) is 11.8. The number of hydrogen-bond donors (Lipinski definition) is 0. The van der Waals surface area contributed by atoms with Gasteiger partial charge in [-0.2, -0.15) is 0 Å². The van der Waals surface area contributed by atoms with Crippen molar-refractivity contribution in [2.24, 2.45) is 4.99 Å². The Kier molecular flexibility index (Phi) is 5.64. The highest BCUT2D eigenvalue weighted by atomic mass is 35.5. The number of aromatic nitrogens is 1. The van der Waals surface area contributed by atoms with Gasteiger partial charge in [0.15, 0.2) is 11.5 Å². The van der Waals surface area contributed by atoms with Crippen molar-refractivity contribution in [2.75, 3.05) is 14.2 Å². The summed E-state index contributed by atoms with van der Waals surface area (Å²) in [6, 6.07) is 17.1. The van der Waals surface area contributed by atoms with E-state index in [0.29, 0.717) is 54.0 Å². The summed E-state index contributed by atoms with van der Waals surface area (Å²) < 4.78 is 17.6. The third-order valence-corrected chi connectivity index (χ3v) is 6.31. The maximum absolute atomic E-state index is 11.1. The van der Waals surface area contributed by atoms with Crippen molar-refractivity contribution in [2.45, 2.75) is 0 Å². The average molecular weight is 494 g/mol. The summed E-state index contributed by atoms with van der Waals surface area (Å²) in [6.07, 6.45) is 0. The molecule has 2 heterocycles. The second-order valence-electron chi connectivity index (χ2n) is 7.22. The van der Waals surface area contributed by atoms with Gasteiger partial charge in [0.25, 0.3) is 5.69 Å². The van der Waals surface area contributed by atoms with Gasteiger partial charge in [-0.05, 0) is 42.5 Å². The maximum Gasteiger partial charge on any atom is 0.270 e. The second-order valence-corrected chi connectivity index (χ2v) is 8.67. The Morgan fingerprint density at radius 1 is 1.03 bits per heavy atom. The fraction of sp³-hybridized carbons (Fsp3) is 0.0833. The minimum atomic E-state index is -0.431. The number of rotatable bonds is 5. The highest BCUT2D eigenvalue weighted by molar-refractivity contribution is 7.21. The van der Waals surface area contributed by atoms with Crippen LogP contribution < -0.4 is 14.8 Å². The number of hydrogen-bond acceptors (Lipinski definition) is 8. The minimum Gasteiger partial charge on any atom is -0.493 e. The van der Waals surface area contributed by atoms with E-state index in [-0.39, 0.29) is 5.69 Å². The fourth-order valence-corrected chi connectivity index (χ4v) is 4.59. The maximum atomic E-state index is 11.1. The largest absolute Gasteiger partial charge is 0.493 e. The zero-order valence-electron chi connectivity index (χ0n) is 17.9. The van der Waals surface area contributed by atoms with Crippen molar-refractivity contribution in [3.8, 4) is 22.8 Å². The molecule has 0 N–H and O–H groups in total. The number of thiazole rings is 1. The molecule has 0 saturated heterocycles. The highest BCUT2D eigenvalue weighted by Gasteiger charge is 2.13. The Morgan fingerprint density at radius 3 is 2.62 bits per heavy atom. The summed E-state index contributed by atoms with van der Waals surface area (Å²) in [7, 11) is 3.14. The lowest BCUT2D eigenvalue weighted by Crippen LogP contribution is -2.03. The van der Waals surface area contributed by atoms with Crippen LogP contribution in [0.3, 0.4) is 0 Å². The van der Waals surface area contributed by atoms with Gasteiger partial charge in [-0.25, -0.2) is 9.98 Å². The molecule has 0 amide bonds. The van der Waals surface area contributed by atoms with Crippen molar-refractivity contribution in [3.05, 3.63) is 81.2 Å². The second kappa shape index (κ2) is 8.77.